The van der Waals surface area contributed by atoms with E-state index in [9.17, 15) is 0 Å². The quantitative estimate of drug-likeness (QED) is 0.639. The minimum atomic E-state index is 0.468. The Balaban J connectivity index is 2.08. The van der Waals surface area contributed by atoms with Gasteiger partial charge >= 0.3 is 0 Å². The summed E-state index contributed by atoms with van der Waals surface area (Å²) in [5.74, 6) is 1.24. The van der Waals surface area contributed by atoms with E-state index < -0.39 is 0 Å². The molecule has 1 heterocycles. The minimum Gasteiger partial charge on any atom is -0.431 e. The molecule has 0 saturated heterocycles. The van der Waals surface area contributed by atoms with Crippen LogP contribution in [0, 0.1) is 0 Å². The Kier molecular flexibility index (Phi) is 3.17. The normalized spacial score (nSPS) is 10.7. The standard InChI is InChI=1S/C14H10ClNOS/c15-9-11-8-12(17-14-16-5-6-18-14)7-10-3-1-2-4-13(10)11/h1-8H,9H2. The lowest BCUT2D eigenvalue weighted by molar-refractivity contribution is 0.479. The van der Waals surface area contributed by atoms with Crippen LogP contribution in [-0.4, -0.2) is 4.98 Å². The van der Waals surface area contributed by atoms with Gasteiger partial charge in [-0.05, 0) is 28.5 Å². The zero-order valence-electron chi connectivity index (χ0n) is 9.47. The van der Waals surface area contributed by atoms with Gasteiger partial charge in [0, 0.05) is 17.5 Å². The van der Waals surface area contributed by atoms with Crippen molar-refractivity contribution in [1.29, 1.82) is 0 Å². The number of halogens is 1. The summed E-state index contributed by atoms with van der Waals surface area (Å²) >= 11 is 7.46. The summed E-state index contributed by atoms with van der Waals surface area (Å²) in [6.45, 7) is 0. The van der Waals surface area contributed by atoms with Gasteiger partial charge in [0.15, 0.2) is 0 Å². The first-order valence-electron chi connectivity index (χ1n) is 5.52. The van der Waals surface area contributed by atoms with Gasteiger partial charge in [0.05, 0.1) is 0 Å². The second-order valence-electron chi connectivity index (χ2n) is 3.84. The number of thiazole rings is 1. The van der Waals surface area contributed by atoms with Crippen molar-refractivity contribution in [3.05, 3.63) is 53.5 Å². The second-order valence-corrected chi connectivity index (χ2v) is 4.96. The van der Waals surface area contributed by atoms with Crippen molar-refractivity contribution in [1.82, 2.24) is 4.98 Å². The fraction of sp³-hybridized carbons (Fsp3) is 0.0714. The number of ether oxygens (including phenoxy) is 1. The van der Waals surface area contributed by atoms with Crippen molar-refractivity contribution in [3.8, 4) is 10.9 Å². The van der Waals surface area contributed by atoms with E-state index in [1.165, 1.54) is 16.7 Å². The highest BCUT2D eigenvalue weighted by molar-refractivity contribution is 7.11. The van der Waals surface area contributed by atoms with Crippen LogP contribution in [0.2, 0.25) is 0 Å². The molecule has 1 aromatic heterocycles. The number of benzene rings is 2. The monoisotopic (exact) mass is 275 g/mol. The Labute approximate surface area is 114 Å². The third-order valence-corrected chi connectivity index (χ3v) is 3.62. The molecule has 0 N–H and O–H groups in total. The maximum absolute atomic E-state index is 5.99. The largest absolute Gasteiger partial charge is 0.431 e. The highest BCUT2D eigenvalue weighted by Gasteiger charge is 2.06. The van der Waals surface area contributed by atoms with Crippen LogP contribution in [0.1, 0.15) is 5.56 Å². The van der Waals surface area contributed by atoms with Crippen LogP contribution in [0.3, 0.4) is 0 Å². The number of aromatic nitrogens is 1. The predicted molar refractivity (Wildman–Crippen MR) is 75.7 cm³/mol. The average Bonchev–Trinajstić information content (AvgIpc) is 2.90. The van der Waals surface area contributed by atoms with Gasteiger partial charge in [-0.2, -0.15) is 0 Å². The molecular formula is C14H10ClNOS. The summed E-state index contributed by atoms with van der Waals surface area (Å²) in [7, 11) is 0. The van der Waals surface area contributed by atoms with E-state index in [4.69, 9.17) is 16.3 Å². The van der Waals surface area contributed by atoms with E-state index in [1.54, 1.807) is 6.20 Å². The molecule has 4 heteroatoms. The van der Waals surface area contributed by atoms with Gasteiger partial charge in [0.1, 0.15) is 5.75 Å². The number of rotatable bonds is 3. The second kappa shape index (κ2) is 4.96. The van der Waals surface area contributed by atoms with Gasteiger partial charge in [0.25, 0.3) is 5.19 Å². The maximum atomic E-state index is 5.99. The Morgan fingerprint density at radius 3 is 2.89 bits per heavy atom. The Morgan fingerprint density at radius 1 is 1.22 bits per heavy atom. The predicted octanol–water partition coefficient (Wildman–Crippen LogP) is 4.83. The smallest absolute Gasteiger partial charge is 0.278 e. The molecule has 0 radical (unpaired) electrons. The molecule has 18 heavy (non-hydrogen) atoms. The SMILES string of the molecule is ClCc1cc(Oc2nccs2)cc2ccccc12. The molecule has 3 aromatic rings. The molecule has 2 nitrogen and oxygen atoms in total. The summed E-state index contributed by atoms with van der Waals surface area (Å²) in [5, 5.41) is 4.82. The number of nitrogens with zero attached hydrogens (tertiary/aromatic N) is 1. The van der Waals surface area contributed by atoms with Crippen molar-refractivity contribution >= 4 is 33.7 Å². The van der Waals surface area contributed by atoms with Crippen molar-refractivity contribution in [3.63, 3.8) is 0 Å². The van der Waals surface area contributed by atoms with Gasteiger partial charge in [-0.25, -0.2) is 4.98 Å². The van der Waals surface area contributed by atoms with Crippen molar-refractivity contribution in [2.24, 2.45) is 0 Å². The summed E-state index contributed by atoms with van der Waals surface area (Å²) in [4.78, 5) is 4.11. The lowest BCUT2D eigenvalue weighted by Gasteiger charge is -2.08. The van der Waals surface area contributed by atoms with E-state index in [0.717, 1.165) is 16.7 Å². The Bertz CT molecular complexity index is 667. The molecule has 0 atom stereocenters. The van der Waals surface area contributed by atoms with E-state index in [2.05, 4.69) is 17.1 Å². The zero-order chi connectivity index (χ0) is 12.4. The van der Waals surface area contributed by atoms with Crippen LogP contribution in [-0.2, 0) is 5.88 Å². The zero-order valence-corrected chi connectivity index (χ0v) is 11.0. The minimum absolute atomic E-state index is 0.468. The van der Waals surface area contributed by atoms with Crippen LogP contribution >= 0.6 is 22.9 Å². The van der Waals surface area contributed by atoms with Crippen molar-refractivity contribution in [2.75, 3.05) is 0 Å². The van der Waals surface area contributed by atoms with Crippen molar-refractivity contribution in [2.45, 2.75) is 5.88 Å². The molecule has 0 amide bonds. The van der Waals surface area contributed by atoms with Gasteiger partial charge in [0.2, 0.25) is 0 Å². The Hall–Kier alpha value is -1.58. The summed E-state index contributed by atoms with van der Waals surface area (Å²) in [6, 6.07) is 12.1. The van der Waals surface area contributed by atoms with E-state index in [1.807, 2.05) is 29.6 Å². The third-order valence-electron chi connectivity index (χ3n) is 2.68. The molecule has 0 bridgehead atoms. The molecule has 0 unspecified atom stereocenters. The average molecular weight is 276 g/mol. The van der Waals surface area contributed by atoms with Gasteiger partial charge in [-0.1, -0.05) is 35.6 Å². The molecular weight excluding hydrogens is 266 g/mol. The summed E-state index contributed by atoms with van der Waals surface area (Å²) in [5.41, 5.74) is 1.07. The van der Waals surface area contributed by atoms with Crippen LogP contribution < -0.4 is 4.74 Å². The van der Waals surface area contributed by atoms with Crippen LogP contribution in [0.25, 0.3) is 10.8 Å². The third kappa shape index (κ3) is 2.19. The van der Waals surface area contributed by atoms with E-state index in [-0.39, 0.29) is 0 Å². The molecule has 0 aliphatic carbocycles. The lowest BCUT2D eigenvalue weighted by atomic mass is 10.1. The van der Waals surface area contributed by atoms with Gasteiger partial charge in [-0.15, -0.1) is 11.6 Å². The van der Waals surface area contributed by atoms with E-state index >= 15 is 0 Å². The molecule has 0 saturated carbocycles. The van der Waals surface area contributed by atoms with Crippen LogP contribution in [0.5, 0.6) is 10.9 Å². The number of alkyl halides is 1. The molecule has 3 rings (SSSR count). The fourth-order valence-electron chi connectivity index (χ4n) is 1.89. The molecule has 0 aliphatic heterocycles. The maximum Gasteiger partial charge on any atom is 0.278 e. The van der Waals surface area contributed by atoms with Crippen LogP contribution in [0.4, 0.5) is 0 Å². The summed E-state index contributed by atoms with van der Waals surface area (Å²) < 4.78 is 5.72. The van der Waals surface area contributed by atoms with Gasteiger partial charge < -0.3 is 4.74 Å². The molecule has 2 aromatic carbocycles. The summed E-state index contributed by atoms with van der Waals surface area (Å²) in [6.07, 6.45) is 1.73. The Morgan fingerprint density at radius 2 is 2.11 bits per heavy atom. The number of hydrogen-bond donors (Lipinski definition) is 0. The molecule has 0 fully saturated rings. The highest BCUT2D eigenvalue weighted by Crippen LogP contribution is 2.30. The first kappa shape index (κ1) is 11.5. The highest BCUT2D eigenvalue weighted by atomic mass is 35.5. The van der Waals surface area contributed by atoms with Crippen LogP contribution in [0.15, 0.2) is 48.0 Å². The number of fused-ring (bicyclic) bond motifs is 1. The van der Waals surface area contributed by atoms with Gasteiger partial charge in [-0.3, -0.25) is 0 Å². The topological polar surface area (TPSA) is 22.1 Å². The molecule has 0 aliphatic rings. The first-order valence-corrected chi connectivity index (χ1v) is 6.93. The number of hydrogen-bond acceptors (Lipinski definition) is 3. The van der Waals surface area contributed by atoms with Crippen molar-refractivity contribution < 1.29 is 4.74 Å². The molecule has 90 valence electrons. The fourth-order valence-corrected chi connectivity index (χ4v) is 2.62. The first-order chi connectivity index (χ1) is 8.86. The lowest BCUT2D eigenvalue weighted by Crippen LogP contribution is -1.87. The van der Waals surface area contributed by atoms with E-state index in [0.29, 0.717) is 11.1 Å². The molecule has 0 spiro atoms.